The summed E-state index contributed by atoms with van der Waals surface area (Å²) in [5.74, 6) is -3.78. The molecule has 1 aromatic carbocycles. The Morgan fingerprint density at radius 3 is 2.70 bits per heavy atom. The largest absolute Gasteiger partial charge is 0.508 e. The smallest absolute Gasteiger partial charge is 0.487 e. The predicted octanol–water partition coefficient (Wildman–Crippen LogP) is 1.20. The summed E-state index contributed by atoms with van der Waals surface area (Å²) in [5.41, 5.74) is 1.27. The molecule has 2 saturated heterocycles. The van der Waals surface area contributed by atoms with Gasteiger partial charge in [0.05, 0.1) is 31.7 Å². The van der Waals surface area contributed by atoms with Crippen molar-refractivity contribution in [2.75, 3.05) is 13.7 Å². The first-order valence-corrected chi connectivity index (χ1v) is 9.76. The minimum atomic E-state index is -1.42. The molecule has 0 bridgehead atoms. The lowest BCUT2D eigenvalue weighted by Gasteiger charge is -2.42. The fraction of sp³-hybridized carbons (Fsp3) is 0.421. The van der Waals surface area contributed by atoms with Gasteiger partial charge in [-0.3, -0.25) is 9.59 Å². The lowest BCUT2D eigenvalue weighted by atomic mass is 9.55. The van der Waals surface area contributed by atoms with Crippen LogP contribution < -0.4 is 0 Å². The molecule has 0 radical (unpaired) electrons. The molecule has 9 nitrogen and oxygen atoms in total. The predicted molar refractivity (Wildman–Crippen MR) is 103 cm³/mol. The van der Waals surface area contributed by atoms with Gasteiger partial charge < -0.3 is 24.6 Å². The first-order chi connectivity index (χ1) is 14.3. The van der Waals surface area contributed by atoms with Crippen molar-refractivity contribution in [1.29, 1.82) is 0 Å². The van der Waals surface area contributed by atoms with Crippen LogP contribution in [0.5, 0.6) is 5.75 Å². The van der Waals surface area contributed by atoms with Crippen molar-refractivity contribution >= 4 is 36.6 Å². The van der Waals surface area contributed by atoms with Crippen LogP contribution in [0.15, 0.2) is 29.2 Å². The van der Waals surface area contributed by atoms with Crippen LogP contribution >= 0.6 is 11.6 Å². The van der Waals surface area contributed by atoms with E-state index in [0.29, 0.717) is 21.5 Å². The molecule has 3 amide bonds. The standard InChI is InChI=1S/C19H19BClNO8/c1-29-19(27)22-17(25)12-4-8(7-23)16-11(15(12)18(22)26)6-14(30-20(16)28)10-3-2-9(24)5-13(10)21/h2-3,5,11-12,14-15,23-24,28H,4,6-7H2,1H3/t11-,12-,14-,15+/m0/s1. The third-order valence-electron chi connectivity index (χ3n) is 6.09. The van der Waals surface area contributed by atoms with E-state index in [2.05, 4.69) is 4.74 Å². The molecule has 1 aromatic rings. The Hall–Kier alpha value is -2.40. The number of methoxy groups -OCH3 is 1. The monoisotopic (exact) mass is 435 g/mol. The molecule has 3 aliphatic rings. The average Bonchev–Trinajstić information content (AvgIpc) is 2.96. The fourth-order valence-corrected chi connectivity index (χ4v) is 5.10. The zero-order chi connectivity index (χ0) is 21.7. The molecule has 4 rings (SSSR count). The number of likely N-dealkylation sites (tertiary alicyclic amines) is 1. The number of amides is 3. The number of hydrogen-bond acceptors (Lipinski definition) is 8. The molecular weight excluding hydrogens is 416 g/mol. The number of nitrogens with zero attached hydrogens (tertiary/aromatic N) is 1. The van der Waals surface area contributed by atoms with E-state index in [1.165, 1.54) is 12.1 Å². The third-order valence-corrected chi connectivity index (χ3v) is 6.42. The van der Waals surface area contributed by atoms with Crippen molar-refractivity contribution in [3.63, 3.8) is 0 Å². The van der Waals surface area contributed by atoms with Gasteiger partial charge in [0.15, 0.2) is 0 Å². The number of hydrogen-bond donors (Lipinski definition) is 3. The Kier molecular flexibility index (Phi) is 5.35. The molecule has 0 spiro atoms. The van der Waals surface area contributed by atoms with Gasteiger partial charge >= 0.3 is 13.2 Å². The minimum absolute atomic E-state index is 0.0359. The van der Waals surface area contributed by atoms with Gasteiger partial charge in [0.25, 0.3) is 0 Å². The maximum Gasteiger partial charge on any atom is 0.487 e. The van der Waals surface area contributed by atoms with Gasteiger partial charge in [0.1, 0.15) is 5.75 Å². The van der Waals surface area contributed by atoms with E-state index in [4.69, 9.17) is 16.3 Å². The maximum absolute atomic E-state index is 13.0. The molecule has 3 N–H and O–H groups in total. The molecule has 11 heteroatoms. The molecule has 30 heavy (non-hydrogen) atoms. The highest BCUT2D eigenvalue weighted by molar-refractivity contribution is 6.53. The maximum atomic E-state index is 13.0. The summed E-state index contributed by atoms with van der Waals surface area (Å²) in [5, 5.41) is 30.3. The average molecular weight is 436 g/mol. The van der Waals surface area contributed by atoms with Gasteiger partial charge in [-0.15, -0.1) is 0 Å². The zero-order valence-electron chi connectivity index (χ0n) is 15.9. The summed E-state index contributed by atoms with van der Waals surface area (Å²) in [4.78, 5) is 38.3. The van der Waals surface area contributed by atoms with Gasteiger partial charge in [-0.2, -0.15) is 4.90 Å². The second kappa shape index (κ2) is 7.70. The molecule has 2 fully saturated rings. The van der Waals surface area contributed by atoms with Crippen molar-refractivity contribution in [2.24, 2.45) is 17.8 Å². The second-order valence-electron chi connectivity index (χ2n) is 7.56. The van der Waals surface area contributed by atoms with E-state index in [1.807, 2.05) is 0 Å². The van der Waals surface area contributed by atoms with Crippen LogP contribution in [0.3, 0.4) is 0 Å². The van der Waals surface area contributed by atoms with Gasteiger partial charge in [0, 0.05) is 5.02 Å². The zero-order valence-corrected chi connectivity index (χ0v) is 16.7. The molecule has 2 heterocycles. The first-order valence-electron chi connectivity index (χ1n) is 9.38. The normalized spacial score (nSPS) is 28.5. The number of phenols is 1. The Morgan fingerprint density at radius 2 is 2.07 bits per heavy atom. The number of halogens is 1. The van der Waals surface area contributed by atoms with Crippen molar-refractivity contribution in [1.82, 2.24) is 4.90 Å². The molecule has 2 aliphatic heterocycles. The van der Waals surface area contributed by atoms with E-state index in [0.717, 1.165) is 7.11 Å². The molecule has 0 saturated carbocycles. The van der Waals surface area contributed by atoms with Crippen molar-refractivity contribution in [3.05, 3.63) is 39.8 Å². The summed E-state index contributed by atoms with van der Waals surface area (Å²) in [6, 6.07) is 4.32. The van der Waals surface area contributed by atoms with Crippen LogP contribution in [0.4, 0.5) is 4.79 Å². The third kappa shape index (κ3) is 3.11. The summed E-state index contributed by atoms with van der Waals surface area (Å²) >= 11 is 6.22. The Bertz CT molecular complexity index is 966. The Labute approximate surface area is 177 Å². The Morgan fingerprint density at radius 1 is 1.33 bits per heavy atom. The molecule has 4 atom stereocenters. The summed E-state index contributed by atoms with van der Waals surface area (Å²) in [7, 11) is -0.342. The van der Waals surface area contributed by atoms with Crippen LogP contribution in [-0.4, -0.2) is 58.9 Å². The number of allylic oxidation sites excluding steroid dienone is 1. The van der Waals surface area contributed by atoms with Crippen LogP contribution in [0, 0.1) is 17.8 Å². The highest BCUT2D eigenvalue weighted by Crippen LogP contribution is 2.52. The van der Waals surface area contributed by atoms with Crippen molar-refractivity contribution in [2.45, 2.75) is 18.9 Å². The van der Waals surface area contributed by atoms with Crippen LogP contribution in [0.25, 0.3) is 0 Å². The number of rotatable bonds is 2. The highest BCUT2D eigenvalue weighted by Gasteiger charge is 2.59. The van der Waals surface area contributed by atoms with Gasteiger partial charge in [-0.1, -0.05) is 17.7 Å². The van der Waals surface area contributed by atoms with E-state index >= 15 is 0 Å². The van der Waals surface area contributed by atoms with Gasteiger partial charge in [0.2, 0.25) is 11.8 Å². The number of aliphatic hydroxyl groups is 1. The molecule has 1 aliphatic carbocycles. The summed E-state index contributed by atoms with van der Waals surface area (Å²) in [6.45, 7) is -0.417. The van der Waals surface area contributed by atoms with E-state index in [9.17, 15) is 29.6 Å². The number of aromatic hydroxyl groups is 1. The van der Waals surface area contributed by atoms with Crippen molar-refractivity contribution in [3.8, 4) is 5.75 Å². The number of fused-ring (bicyclic) bond motifs is 3. The molecule has 0 aromatic heterocycles. The summed E-state index contributed by atoms with van der Waals surface area (Å²) < 4.78 is 10.3. The fourth-order valence-electron chi connectivity index (χ4n) is 4.81. The molecule has 158 valence electrons. The van der Waals surface area contributed by atoms with E-state index in [1.54, 1.807) is 6.07 Å². The second-order valence-corrected chi connectivity index (χ2v) is 7.97. The summed E-state index contributed by atoms with van der Waals surface area (Å²) in [6.07, 6.45) is -1.56. The number of carbonyl (C=O) groups excluding carboxylic acids is 3. The number of benzene rings is 1. The first kappa shape index (κ1) is 20.9. The lowest BCUT2D eigenvalue weighted by Crippen LogP contribution is -2.45. The van der Waals surface area contributed by atoms with Crippen LogP contribution in [-0.2, 0) is 19.0 Å². The molecule has 0 unspecified atom stereocenters. The Balaban J connectivity index is 1.75. The SMILES string of the molecule is COC(=O)N1C(=O)[C@H]2[C@H](CC(CO)=C3B(O)O[C@H](c4ccc(O)cc4Cl)C[C@H]32)C1=O. The van der Waals surface area contributed by atoms with Gasteiger partial charge in [-0.05, 0) is 47.5 Å². The topological polar surface area (TPSA) is 134 Å². The van der Waals surface area contributed by atoms with Crippen molar-refractivity contribution < 1.29 is 39.0 Å². The number of phenolic OH excluding ortho intramolecular Hbond substituents is 1. The minimum Gasteiger partial charge on any atom is -0.508 e. The molecular formula is C19H19BClNO8. The highest BCUT2D eigenvalue weighted by atomic mass is 35.5. The van der Waals surface area contributed by atoms with E-state index in [-0.39, 0.29) is 23.6 Å². The van der Waals surface area contributed by atoms with Crippen LogP contribution in [0.2, 0.25) is 5.02 Å². The lowest BCUT2D eigenvalue weighted by molar-refractivity contribution is -0.137. The quantitative estimate of drug-likeness (QED) is 0.466. The van der Waals surface area contributed by atoms with Gasteiger partial charge in [-0.25, -0.2) is 4.79 Å². The number of carbonyl (C=O) groups is 3. The number of ether oxygens (including phenoxy) is 1. The van der Waals surface area contributed by atoms with Crippen LogP contribution in [0.1, 0.15) is 24.5 Å². The number of aliphatic hydroxyl groups excluding tert-OH is 1. The number of imide groups is 3. The van der Waals surface area contributed by atoms with E-state index < -0.39 is 55.5 Å².